The number of aliphatic carboxylic acids is 1. The second-order valence-electron chi connectivity index (χ2n) is 15.8. The van der Waals surface area contributed by atoms with Gasteiger partial charge in [0.15, 0.2) is 0 Å². The molecule has 6 N–H and O–H groups in total. The van der Waals surface area contributed by atoms with Crippen LogP contribution < -0.4 is 21.7 Å². The molecule has 65 heavy (non-hydrogen) atoms. The minimum absolute atomic E-state index is 0.000970. The number of hydrogen-bond acceptors (Lipinski definition) is 11. The Balaban J connectivity index is 0.000000200. The standard InChI is InChI=1S/C26H28N2O4.C23H21NO5.C3H9N/c1-2-15-27-25(30)24-21(17-31-18-29)26(14-13-22(24)32-26)23(16-19-9-5-3-6-10-19)28-20-11-7-4-8-12-20;25-15-28-14-18-21(22(26)27)19-11-12-23(18,29-19)20(13-16-7-3-1-4-8-16)24-17-9-5-2-6-10-17;1-2-3-4/h3-14,18,22-23,28H,2,15-17H2,1H3,(H,27,30);1-12,15,19-20,24H,13-14H2,(H,26,27);2-4H2,1H3. The number of carbonyl (C=O) groups is 4. The number of nitrogens with two attached hydrogens (primary N) is 1. The van der Waals surface area contributed by atoms with Gasteiger partial charge < -0.3 is 45.7 Å². The summed E-state index contributed by atoms with van der Waals surface area (Å²) in [5.41, 5.74) is 8.99. The normalized spacial score (nSPS) is 21.6. The summed E-state index contributed by atoms with van der Waals surface area (Å²) in [5, 5.41) is 19.8. The lowest BCUT2D eigenvalue weighted by molar-refractivity contribution is -0.134. The largest absolute Gasteiger partial charge is 0.478 e. The zero-order valence-electron chi connectivity index (χ0n) is 36.8. The van der Waals surface area contributed by atoms with E-state index in [1.807, 2.05) is 134 Å². The molecule has 0 fully saturated rings. The van der Waals surface area contributed by atoms with Crippen molar-refractivity contribution in [3.8, 4) is 0 Å². The van der Waals surface area contributed by atoms with Crippen LogP contribution in [-0.2, 0) is 51.0 Å². The second-order valence-corrected chi connectivity index (χ2v) is 15.8. The third-order valence-corrected chi connectivity index (χ3v) is 11.6. The minimum atomic E-state index is -1.07. The Hall–Kier alpha value is -6.80. The smallest absolute Gasteiger partial charge is 0.334 e. The van der Waals surface area contributed by atoms with E-state index >= 15 is 0 Å². The average molecular weight is 883 g/mol. The molecule has 1 amide bonds. The highest BCUT2D eigenvalue weighted by atomic mass is 16.5. The first-order chi connectivity index (χ1) is 31.7. The van der Waals surface area contributed by atoms with Gasteiger partial charge in [-0.2, -0.15) is 0 Å². The van der Waals surface area contributed by atoms with E-state index in [0.29, 0.717) is 49.1 Å². The fourth-order valence-electron chi connectivity index (χ4n) is 8.53. The number of nitrogens with one attached hydrogen (secondary N) is 3. The Kier molecular flexibility index (Phi) is 17.0. The maximum atomic E-state index is 13.0. The van der Waals surface area contributed by atoms with Gasteiger partial charge in [0.2, 0.25) is 5.91 Å². The zero-order chi connectivity index (χ0) is 46.1. The summed E-state index contributed by atoms with van der Waals surface area (Å²) in [6.07, 6.45) is 9.62. The first-order valence-corrected chi connectivity index (χ1v) is 22.0. The number of carbonyl (C=O) groups excluding carboxylic acids is 3. The van der Waals surface area contributed by atoms with E-state index in [0.717, 1.165) is 41.9 Å². The van der Waals surface area contributed by atoms with Crippen molar-refractivity contribution >= 4 is 36.2 Å². The number of carboxylic acids is 1. The predicted octanol–water partition coefficient (Wildman–Crippen LogP) is 6.74. The van der Waals surface area contributed by atoms with Gasteiger partial charge in [-0.15, -0.1) is 0 Å². The van der Waals surface area contributed by atoms with E-state index in [-0.39, 0.29) is 36.8 Å². The highest BCUT2D eigenvalue weighted by Gasteiger charge is 2.56. The van der Waals surface area contributed by atoms with Gasteiger partial charge in [-0.1, -0.05) is 123 Å². The van der Waals surface area contributed by atoms with E-state index in [9.17, 15) is 24.3 Å². The Morgan fingerprint density at radius 3 is 1.45 bits per heavy atom. The Morgan fingerprint density at radius 1 is 0.662 bits per heavy atom. The average Bonchev–Trinajstić information content (AvgIpc) is 4.13. The Bertz CT molecular complexity index is 2240. The van der Waals surface area contributed by atoms with Crippen LogP contribution in [0.4, 0.5) is 11.4 Å². The number of para-hydroxylation sites is 2. The van der Waals surface area contributed by atoms with Crippen LogP contribution in [0.2, 0.25) is 0 Å². The van der Waals surface area contributed by atoms with Crippen LogP contribution in [0.5, 0.6) is 0 Å². The van der Waals surface area contributed by atoms with Gasteiger partial charge in [0.05, 0.1) is 23.2 Å². The van der Waals surface area contributed by atoms with Gasteiger partial charge in [-0.3, -0.25) is 14.4 Å². The Morgan fingerprint density at radius 2 is 1.06 bits per heavy atom. The predicted molar refractivity (Wildman–Crippen MR) is 250 cm³/mol. The van der Waals surface area contributed by atoms with Gasteiger partial charge in [0.25, 0.3) is 12.9 Å². The molecule has 4 bridgehead atoms. The fraction of sp³-hybridized carbons (Fsp3) is 0.308. The van der Waals surface area contributed by atoms with Gasteiger partial charge in [-0.25, -0.2) is 4.79 Å². The van der Waals surface area contributed by atoms with E-state index < -0.39 is 29.4 Å². The van der Waals surface area contributed by atoms with Crippen molar-refractivity contribution in [2.45, 2.75) is 75.0 Å². The van der Waals surface area contributed by atoms with Crippen LogP contribution >= 0.6 is 0 Å². The quantitative estimate of drug-likeness (QED) is 0.0439. The van der Waals surface area contributed by atoms with Crippen LogP contribution in [0.1, 0.15) is 37.8 Å². The molecular weight excluding hydrogens is 825 g/mol. The zero-order valence-corrected chi connectivity index (χ0v) is 36.8. The molecule has 4 aliphatic heterocycles. The van der Waals surface area contributed by atoms with Crippen LogP contribution in [-0.4, -0.2) is 91.7 Å². The Labute approximate surface area is 380 Å². The van der Waals surface area contributed by atoms with Gasteiger partial charge in [0.1, 0.15) is 36.6 Å². The first-order valence-electron chi connectivity index (χ1n) is 22.0. The molecule has 13 nitrogen and oxygen atoms in total. The summed E-state index contributed by atoms with van der Waals surface area (Å²) in [4.78, 5) is 46.8. The lowest BCUT2D eigenvalue weighted by Gasteiger charge is -2.36. The van der Waals surface area contributed by atoms with Crippen molar-refractivity contribution in [2.75, 3.05) is 36.9 Å². The molecule has 6 atom stereocenters. The molecule has 4 aromatic rings. The van der Waals surface area contributed by atoms with Crippen LogP contribution in [0.15, 0.2) is 168 Å². The minimum Gasteiger partial charge on any atom is -0.478 e. The molecule has 4 heterocycles. The lowest BCUT2D eigenvalue weighted by Crippen LogP contribution is -2.48. The van der Waals surface area contributed by atoms with E-state index in [4.69, 9.17) is 24.7 Å². The highest BCUT2D eigenvalue weighted by molar-refractivity contribution is 5.97. The van der Waals surface area contributed by atoms with Crippen molar-refractivity contribution in [3.05, 3.63) is 179 Å². The summed E-state index contributed by atoms with van der Waals surface area (Å²) in [6.45, 7) is 6.06. The molecule has 8 rings (SSSR count). The van der Waals surface area contributed by atoms with E-state index in [2.05, 4.69) is 35.0 Å². The number of anilines is 2. The number of rotatable bonds is 21. The number of hydrogen-bond donors (Lipinski definition) is 5. The summed E-state index contributed by atoms with van der Waals surface area (Å²) in [6, 6.07) is 39.1. The molecule has 4 aliphatic rings. The maximum absolute atomic E-state index is 13.0. The monoisotopic (exact) mass is 882 g/mol. The summed E-state index contributed by atoms with van der Waals surface area (Å²) in [7, 11) is 0. The molecule has 0 aliphatic carbocycles. The van der Waals surface area contributed by atoms with Crippen molar-refractivity contribution in [1.29, 1.82) is 0 Å². The van der Waals surface area contributed by atoms with Gasteiger partial charge >= 0.3 is 5.97 Å². The summed E-state index contributed by atoms with van der Waals surface area (Å²) < 4.78 is 22.9. The third kappa shape index (κ3) is 11.3. The van der Waals surface area contributed by atoms with E-state index in [1.54, 1.807) is 6.08 Å². The molecule has 0 saturated heterocycles. The molecule has 0 spiro atoms. The van der Waals surface area contributed by atoms with Crippen molar-refractivity contribution in [3.63, 3.8) is 0 Å². The van der Waals surface area contributed by atoms with E-state index in [1.165, 1.54) is 0 Å². The molecule has 13 heteroatoms. The van der Waals surface area contributed by atoms with Crippen LogP contribution in [0.3, 0.4) is 0 Å². The number of benzene rings is 4. The molecular formula is C52H58N4O9. The van der Waals surface area contributed by atoms with Gasteiger partial charge in [-0.05, 0) is 79.8 Å². The molecule has 6 unspecified atom stereocenters. The molecule has 0 radical (unpaired) electrons. The summed E-state index contributed by atoms with van der Waals surface area (Å²) >= 11 is 0. The van der Waals surface area contributed by atoms with Gasteiger partial charge in [0, 0.05) is 29.1 Å². The summed E-state index contributed by atoms with van der Waals surface area (Å²) in [5.74, 6) is -1.24. The highest BCUT2D eigenvalue weighted by Crippen LogP contribution is 2.48. The molecule has 0 saturated carbocycles. The lowest BCUT2D eigenvalue weighted by atomic mass is 9.79. The molecule has 340 valence electrons. The second kappa shape index (κ2) is 23.2. The maximum Gasteiger partial charge on any atom is 0.334 e. The molecule has 4 aromatic carbocycles. The third-order valence-electron chi connectivity index (χ3n) is 11.6. The molecule has 0 aromatic heterocycles. The number of amides is 1. The fourth-order valence-corrected chi connectivity index (χ4v) is 8.53. The van der Waals surface area contributed by atoms with Crippen molar-refractivity contribution in [2.24, 2.45) is 5.73 Å². The van der Waals surface area contributed by atoms with Crippen LogP contribution in [0.25, 0.3) is 0 Å². The number of ether oxygens (including phenoxy) is 4. The van der Waals surface area contributed by atoms with Crippen LogP contribution in [0, 0.1) is 0 Å². The topological polar surface area (TPSA) is 188 Å². The number of carboxylic acid groups (broad SMARTS) is 1. The SMILES string of the molecule is CCCN.CCCNC(=O)C1=C(COC=O)C2(C(Cc3ccccc3)Nc3ccccc3)C=CC1O2.O=COCC1=C(C(=O)O)C2C=CC1(C(Cc1ccccc1)Nc1ccccc1)O2. The first kappa shape index (κ1) is 47.7. The van der Waals surface area contributed by atoms with Crippen molar-refractivity contribution < 1.29 is 43.2 Å². The number of fused-ring (bicyclic) bond motifs is 4. The van der Waals surface area contributed by atoms with Crippen molar-refractivity contribution in [1.82, 2.24) is 5.32 Å².